The lowest BCUT2D eigenvalue weighted by molar-refractivity contribution is 0.0423. The number of aliphatic hydroxyl groups is 1. The summed E-state index contributed by atoms with van der Waals surface area (Å²) in [5.74, 6) is 0. The van der Waals surface area contributed by atoms with Gasteiger partial charge >= 0.3 is 0 Å². The minimum absolute atomic E-state index is 0.195. The average Bonchev–Trinajstić information content (AvgIpc) is 2.37. The van der Waals surface area contributed by atoms with Gasteiger partial charge in [-0.2, -0.15) is 0 Å². The molecule has 1 aliphatic rings. The van der Waals surface area contributed by atoms with Gasteiger partial charge < -0.3 is 10.4 Å². The molecule has 1 aromatic rings. The highest BCUT2D eigenvalue weighted by molar-refractivity contribution is 5.14. The van der Waals surface area contributed by atoms with Gasteiger partial charge in [-0.25, -0.2) is 0 Å². The molecule has 0 aliphatic heterocycles. The number of benzene rings is 1. The monoisotopic (exact) mass is 247 g/mol. The van der Waals surface area contributed by atoms with Gasteiger partial charge in [0.1, 0.15) is 0 Å². The first-order valence-electron chi connectivity index (χ1n) is 7.12. The lowest BCUT2D eigenvalue weighted by Gasteiger charge is -2.41. The van der Waals surface area contributed by atoms with E-state index in [1.165, 1.54) is 24.8 Å². The van der Waals surface area contributed by atoms with Crippen LogP contribution in [-0.2, 0) is 6.42 Å². The van der Waals surface area contributed by atoms with Crippen molar-refractivity contribution in [2.24, 2.45) is 5.41 Å². The van der Waals surface area contributed by atoms with Crippen molar-refractivity contribution < 1.29 is 5.11 Å². The molecule has 100 valence electrons. The van der Waals surface area contributed by atoms with Crippen LogP contribution >= 0.6 is 0 Å². The molecular weight excluding hydrogens is 222 g/mol. The molecule has 0 heterocycles. The van der Waals surface area contributed by atoms with Crippen LogP contribution in [-0.4, -0.2) is 24.3 Å². The molecule has 18 heavy (non-hydrogen) atoms. The predicted octanol–water partition coefficient (Wildman–Crippen LogP) is 2.76. The molecule has 1 fully saturated rings. The summed E-state index contributed by atoms with van der Waals surface area (Å²) in [6, 6.07) is 11.2. The van der Waals surface area contributed by atoms with Gasteiger partial charge in [0, 0.05) is 24.6 Å². The van der Waals surface area contributed by atoms with E-state index in [-0.39, 0.29) is 5.41 Å². The number of aryl methyl sites for hydroxylation is 1. The molecule has 0 radical (unpaired) electrons. The van der Waals surface area contributed by atoms with Crippen molar-refractivity contribution >= 4 is 0 Å². The van der Waals surface area contributed by atoms with Gasteiger partial charge in [-0.05, 0) is 38.2 Å². The first-order valence-corrected chi connectivity index (χ1v) is 7.12. The van der Waals surface area contributed by atoms with E-state index in [0.717, 1.165) is 19.4 Å². The molecule has 0 saturated heterocycles. The second-order valence-electron chi connectivity index (χ2n) is 5.82. The van der Waals surface area contributed by atoms with Gasteiger partial charge in [0.25, 0.3) is 0 Å². The molecule has 1 saturated carbocycles. The fourth-order valence-corrected chi connectivity index (χ4v) is 2.59. The lowest BCUT2D eigenvalue weighted by Crippen LogP contribution is -2.45. The Morgan fingerprint density at radius 2 is 2.00 bits per heavy atom. The van der Waals surface area contributed by atoms with Crippen LogP contribution in [0.25, 0.3) is 0 Å². The smallest absolute Gasteiger partial charge is 0.0499 e. The molecule has 1 aliphatic carbocycles. The van der Waals surface area contributed by atoms with Crippen molar-refractivity contribution in [2.45, 2.75) is 45.1 Å². The minimum atomic E-state index is 0.195. The van der Waals surface area contributed by atoms with Crippen molar-refractivity contribution in [2.75, 3.05) is 13.2 Å². The molecule has 1 aromatic carbocycles. The van der Waals surface area contributed by atoms with Crippen LogP contribution in [0.5, 0.6) is 0 Å². The van der Waals surface area contributed by atoms with E-state index >= 15 is 0 Å². The topological polar surface area (TPSA) is 32.3 Å². The Hall–Kier alpha value is -0.860. The van der Waals surface area contributed by atoms with Crippen LogP contribution < -0.4 is 5.32 Å². The third-order valence-electron chi connectivity index (χ3n) is 4.28. The normalized spacial score (nSPS) is 19.2. The molecule has 0 spiro atoms. The lowest BCUT2D eigenvalue weighted by atomic mass is 9.69. The highest BCUT2D eigenvalue weighted by atomic mass is 16.3. The number of hydrogen-bond donors (Lipinski definition) is 2. The molecule has 2 N–H and O–H groups in total. The highest BCUT2D eigenvalue weighted by Crippen LogP contribution is 2.39. The van der Waals surface area contributed by atoms with Crippen LogP contribution in [0, 0.1) is 5.41 Å². The quantitative estimate of drug-likeness (QED) is 0.776. The zero-order chi connectivity index (χ0) is 12.8. The van der Waals surface area contributed by atoms with Crippen molar-refractivity contribution in [1.82, 2.24) is 5.32 Å². The van der Waals surface area contributed by atoms with Gasteiger partial charge in [0.15, 0.2) is 0 Å². The maximum atomic E-state index is 9.42. The van der Waals surface area contributed by atoms with Gasteiger partial charge in [-0.1, -0.05) is 36.8 Å². The van der Waals surface area contributed by atoms with E-state index in [2.05, 4.69) is 42.6 Å². The Morgan fingerprint density at radius 1 is 1.28 bits per heavy atom. The van der Waals surface area contributed by atoms with Gasteiger partial charge in [-0.15, -0.1) is 0 Å². The number of nitrogens with one attached hydrogen (secondary N) is 1. The number of hydrogen-bond acceptors (Lipinski definition) is 2. The van der Waals surface area contributed by atoms with Crippen molar-refractivity contribution in [3.8, 4) is 0 Å². The van der Waals surface area contributed by atoms with Crippen molar-refractivity contribution in [3.05, 3.63) is 35.9 Å². The second kappa shape index (κ2) is 6.35. The summed E-state index contributed by atoms with van der Waals surface area (Å²) in [5.41, 5.74) is 1.60. The molecule has 2 heteroatoms. The Morgan fingerprint density at radius 3 is 2.56 bits per heavy atom. The summed E-state index contributed by atoms with van der Waals surface area (Å²) in [7, 11) is 0. The highest BCUT2D eigenvalue weighted by Gasteiger charge is 2.35. The van der Waals surface area contributed by atoms with Crippen LogP contribution in [0.2, 0.25) is 0 Å². The van der Waals surface area contributed by atoms with E-state index < -0.39 is 0 Å². The van der Waals surface area contributed by atoms with Crippen LogP contribution in [0.1, 0.15) is 38.2 Å². The Labute approximate surface area is 110 Å². The molecule has 0 aromatic heterocycles. The first-order chi connectivity index (χ1) is 8.74. The summed E-state index contributed by atoms with van der Waals surface area (Å²) in [6.07, 6.45) is 5.93. The van der Waals surface area contributed by atoms with E-state index in [4.69, 9.17) is 0 Å². The maximum Gasteiger partial charge on any atom is 0.0499 e. The Bertz CT molecular complexity index is 340. The summed E-state index contributed by atoms with van der Waals surface area (Å²) >= 11 is 0. The minimum Gasteiger partial charge on any atom is -0.396 e. The summed E-state index contributed by atoms with van der Waals surface area (Å²) < 4.78 is 0. The van der Waals surface area contributed by atoms with Gasteiger partial charge in [0.05, 0.1) is 0 Å². The standard InChI is InChI=1S/C16H25NO/c1-14(8-9-15-6-3-2-4-7-15)17-12-16(13-18)10-5-11-16/h2-4,6-7,14,17-18H,5,8-13H2,1H3/t14-/m1/s1. The van der Waals surface area contributed by atoms with Crippen LogP contribution in [0.3, 0.4) is 0 Å². The molecule has 0 unspecified atom stereocenters. The zero-order valence-corrected chi connectivity index (χ0v) is 11.4. The first kappa shape index (κ1) is 13.6. The molecule has 0 bridgehead atoms. The summed E-state index contributed by atoms with van der Waals surface area (Å²) in [6.45, 7) is 3.55. The number of aliphatic hydroxyl groups excluding tert-OH is 1. The van der Waals surface area contributed by atoms with Crippen molar-refractivity contribution in [1.29, 1.82) is 0 Å². The fourth-order valence-electron chi connectivity index (χ4n) is 2.59. The van der Waals surface area contributed by atoms with Crippen molar-refractivity contribution in [3.63, 3.8) is 0 Å². The fraction of sp³-hybridized carbons (Fsp3) is 0.625. The van der Waals surface area contributed by atoms with Crippen LogP contribution in [0.15, 0.2) is 30.3 Å². The maximum absolute atomic E-state index is 9.42. The molecule has 2 rings (SSSR count). The van der Waals surface area contributed by atoms with E-state index in [1.807, 2.05) is 0 Å². The zero-order valence-electron chi connectivity index (χ0n) is 11.4. The van der Waals surface area contributed by atoms with Gasteiger partial charge in [0.2, 0.25) is 0 Å². The summed E-state index contributed by atoms with van der Waals surface area (Å²) in [4.78, 5) is 0. The largest absolute Gasteiger partial charge is 0.396 e. The average molecular weight is 247 g/mol. The molecule has 1 atom stereocenters. The SMILES string of the molecule is C[C@H](CCc1ccccc1)NCC1(CO)CCC1. The third-order valence-corrected chi connectivity index (χ3v) is 4.28. The van der Waals surface area contributed by atoms with E-state index in [0.29, 0.717) is 12.6 Å². The summed E-state index contributed by atoms with van der Waals surface area (Å²) in [5, 5.41) is 13.0. The third kappa shape index (κ3) is 3.56. The van der Waals surface area contributed by atoms with Gasteiger partial charge in [-0.3, -0.25) is 0 Å². The Kier molecular flexibility index (Phi) is 4.79. The molecule has 0 amide bonds. The predicted molar refractivity (Wildman–Crippen MR) is 75.6 cm³/mol. The molecular formula is C16H25NO. The second-order valence-corrected chi connectivity index (χ2v) is 5.82. The van der Waals surface area contributed by atoms with Crippen LogP contribution in [0.4, 0.5) is 0 Å². The number of rotatable bonds is 7. The van der Waals surface area contributed by atoms with E-state index in [1.54, 1.807) is 0 Å². The Balaban J connectivity index is 1.67. The molecule has 2 nitrogen and oxygen atoms in total. The van der Waals surface area contributed by atoms with E-state index in [9.17, 15) is 5.11 Å².